The lowest BCUT2D eigenvalue weighted by Crippen LogP contribution is -2.07. The monoisotopic (exact) mass is 306 g/mol. The Kier molecular flexibility index (Phi) is 3.66. The normalized spacial score (nSPS) is 11.2. The third kappa shape index (κ3) is 2.29. The molecule has 0 radical (unpaired) electrons. The average molecular weight is 307 g/mol. The summed E-state index contributed by atoms with van der Waals surface area (Å²) in [7, 11) is 0. The number of hydrogen-bond donors (Lipinski definition) is 2. The SMILES string of the molecule is OCCNc1nc2c(Cl)cc(Cl)cc2c2ccccc12. The van der Waals surface area contributed by atoms with Gasteiger partial charge in [0.05, 0.1) is 17.1 Å². The predicted octanol–water partition coefficient (Wildman–Crippen LogP) is 4.10. The number of nitrogens with one attached hydrogen (secondary N) is 1. The summed E-state index contributed by atoms with van der Waals surface area (Å²) in [5, 5.41) is 16.1. The zero-order valence-corrected chi connectivity index (χ0v) is 12.0. The second-order valence-corrected chi connectivity index (χ2v) is 5.28. The van der Waals surface area contributed by atoms with Crippen molar-refractivity contribution in [3.63, 3.8) is 0 Å². The highest BCUT2D eigenvalue weighted by atomic mass is 35.5. The van der Waals surface area contributed by atoms with E-state index in [0.717, 1.165) is 16.2 Å². The summed E-state index contributed by atoms with van der Waals surface area (Å²) in [6.45, 7) is 0.482. The first-order valence-electron chi connectivity index (χ1n) is 6.23. The van der Waals surface area contributed by atoms with E-state index in [1.165, 1.54) is 0 Å². The summed E-state index contributed by atoms with van der Waals surface area (Å²) in [5.74, 6) is 0.714. The van der Waals surface area contributed by atoms with E-state index in [-0.39, 0.29) is 6.61 Å². The highest BCUT2D eigenvalue weighted by Crippen LogP contribution is 2.34. The molecular formula is C15H12Cl2N2O. The van der Waals surface area contributed by atoms with Gasteiger partial charge < -0.3 is 10.4 Å². The highest BCUT2D eigenvalue weighted by Gasteiger charge is 2.11. The Morgan fingerprint density at radius 1 is 1.05 bits per heavy atom. The summed E-state index contributed by atoms with van der Waals surface area (Å²) < 4.78 is 0. The van der Waals surface area contributed by atoms with Crippen molar-refractivity contribution in [1.82, 2.24) is 4.98 Å². The van der Waals surface area contributed by atoms with Gasteiger partial charge in [-0.2, -0.15) is 0 Å². The van der Waals surface area contributed by atoms with Crippen molar-refractivity contribution in [1.29, 1.82) is 0 Å². The molecule has 3 nitrogen and oxygen atoms in total. The maximum atomic E-state index is 8.97. The second-order valence-electron chi connectivity index (χ2n) is 4.44. The molecule has 0 spiro atoms. The standard InChI is InChI=1S/C15H12Cl2N2O/c16-9-7-12-10-3-1-2-4-11(10)15(18-5-6-20)19-14(12)13(17)8-9/h1-4,7-8,20H,5-6H2,(H,18,19). The number of pyridine rings is 1. The molecule has 2 aromatic carbocycles. The topological polar surface area (TPSA) is 45.1 Å². The molecule has 1 heterocycles. The van der Waals surface area contributed by atoms with Crippen LogP contribution in [0.1, 0.15) is 0 Å². The molecule has 2 N–H and O–H groups in total. The van der Waals surface area contributed by atoms with E-state index >= 15 is 0 Å². The van der Waals surface area contributed by atoms with Gasteiger partial charge in [-0.1, -0.05) is 47.5 Å². The van der Waals surface area contributed by atoms with Crippen LogP contribution in [0.15, 0.2) is 36.4 Å². The highest BCUT2D eigenvalue weighted by molar-refractivity contribution is 6.39. The number of rotatable bonds is 3. The van der Waals surface area contributed by atoms with Gasteiger partial charge >= 0.3 is 0 Å². The van der Waals surface area contributed by atoms with Crippen molar-refractivity contribution < 1.29 is 5.11 Å². The van der Waals surface area contributed by atoms with Crippen LogP contribution < -0.4 is 5.32 Å². The average Bonchev–Trinajstić information content (AvgIpc) is 2.45. The Bertz CT molecular complexity index is 790. The molecule has 0 aliphatic heterocycles. The molecule has 0 aliphatic rings. The molecular weight excluding hydrogens is 295 g/mol. The van der Waals surface area contributed by atoms with Crippen molar-refractivity contribution in [2.45, 2.75) is 0 Å². The van der Waals surface area contributed by atoms with E-state index in [1.54, 1.807) is 6.07 Å². The van der Waals surface area contributed by atoms with Crippen LogP contribution in [-0.4, -0.2) is 23.2 Å². The Morgan fingerprint density at radius 3 is 2.55 bits per heavy atom. The van der Waals surface area contributed by atoms with Gasteiger partial charge in [-0.05, 0) is 17.5 Å². The van der Waals surface area contributed by atoms with E-state index in [0.29, 0.717) is 27.9 Å². The smallest absolute Gasteiger partial charge is 0.134 e. The summed E-state index contributed by atoms with van der Waals surface area (Å²) in [4.78, 5) is 4.57. The first-order valence-corrected chi connectivity index (χ1v) is 6.98. The minimum Gasteiger partial charge on any atom is -0.395 e. The molecule has 0 fully saturated rings. The number of anilines is 1. The van der Waals surface area contributed by atoms with Crippen molar-refractivity contribution in [3.8, 4) is 0 Å². The van der Waals surface area contributed by atoms with E-state index in [9.17, 15) is 0 Å². The van der Waals surface area contributed by atoms with Gasteiger partial charge in [0.15, 0.2) is 0 Å². The first kappa shape index (κ1) is 13.4. The molecule has 0 saturated carbocycles. The number of halogens is 2. The third-order valence-corrected chi connectivity index (χ3v) is 3.63. The zero-order chi connectivity index (χ0) is 14.1. The first-order chi connectivity index (χ1) is 9.70. The molecule has 0 bridgehead atoms. The molecule has 20 heavy (non-hydrogen) atoms. The van der Waals surface area contributed by atoms with Crippen LogP contribution in [0.5, 0.6) is 0 Å². The van der Waals surface area contributed by atoms with E-state index in [1.807, 2.05) is 30.3 Å². The lowest BCUT2D eigenvalue weighted by Gasteiger charge is -2.12. The fourth-order valence-corrected chi connectivity index (χ4v) is 2.83. The van der Waals surface area contributed by atoms with Gasteiger partial charge in [0.2, 0.25) is 0 Å². The molecule has 1 aromatic heterocycles. The molecule has 3 aromatic rings. The lowest BCUT2D eigenvalue weighted by atomic mass is 10.1. The van der Waals surface area contributed by atoms with E-state index in [2.05, 4.69) is 10.3 Å². The van der Waals surface area contributed by atoms with Crippen LogP contribution >= 0.6 is 23.2 Å². The van der Waals surface area contributed by atoms with Gasteiger partial charge in [0.1, 0.15) is 5.82 Å². The number of nitrogens with zero attached hydrogens (tertiary/aromatic N) is 1. The third-order valence-electron chi connectivity index (χ3n) is 3.13. The van der Waals surface area contributed by atoms with Crippen LogP contribution in [-0.2, 0) is 0 Å². The Labute approximate surface area is 126 Å². The predicted molar refractivity (Wildman–Crippen MR) is 84.8 cm³/mol. The Hall–Kier alpha value is -1.55. The van der Waals surface area contributed by atoms with Crippen LogP contribution in [0, 0.1) is 0 Å². The molecule has 0 unspecified atom stereocenters. The van der Waals surface area contributed by atoms with Gasteiger partial charge in [-0.15, -0.1) is 0 Å². The van der Waals surface area contributed by atoms with Gasteiger partial charge in [0, 0.05) is 22.3 Å². The number of hydrogen-bond acceptors (Lipinski definition) is 3. The second kappa shape index (κ2) is 5.44. The zero-order valence-electron chi connectivity index (χ0n) is 10.5. The molecule has 0 amide bonds. The fraction of sp³-hybridized carbons (Fsp3) is 0.133. The molecule has 102 valence electrons. The number of aromatic nitrogens is 1. The number of fused-ring (bicyclic) bond motifs is 3. The van der Waals surface area contributed by atoms with Crippen molar-refractivity contribution in [2.75, 3.05) is 18.5 Å². The fourth-order valence-electron chi connectivity index (χ4n) is 2.29. The molecule has 0 aliphatic carbocycles. The van der Waals surface area contributed by atoms with Crippen molar-refractivity contribution >= 4 is 50.7 Å². The van der Waals surface area contributed by atoms with Gasteiger partial charge in [-0.25, -0.2) is 4.98 Å². The molecule has 0 atom stereocenters. The summed E-state index contributed by atoms with van der Waals surface area (Å²) in [6.07, 6.45) is 0. The summed E-state index contributed by atoms with van der Waals surface area (Å²) in [5.41, 5.74) is 0.704. The number of benzene rings is 2. The van der Waals surface area contributed by atoms with Crippen LogP contribution in [0.25, 0.3) is 21.7 Å². The number of aliphatic hydroxyl groups excluding tert-OH is 1. The van der Waals surface area contributed by atoms with E-state index < -0.39 is 0 Å². The van der Waals surface area contributed by atoms with Gasteiger partial charge in [-0.3, -0.25) is 0 Å². The molecule has 3 rings (SSSR count). The van der Waals surface area contributed by atoms with Crippen LogP contribution in [0.3, 0.4) is 0 Å². The maximum Gasteiger partial charge on any atom is 0.134 e. The molecule has 0 saturated heterocycles. The quantitative estimate of drug-likeness (QED) is 0.716. The summed E-state index contributed by atoms with van der Waals surface area (Å²) in [6, 6.07) is 11.5. The Balaban J connectivity index is 2.38. The number of aliphatic hydroxyl groups is 1. The largest absolute Gasteiger partial charge is 0.395 e. The maximum absolute atomic E-state index is 8.97. The van der Waals surface area contributed by atoms with Crippen molar-refractivity contribution in [3.05, 3.63) is 46.4 Å². The lowest BCUT2D eigenvalue weighted by molar-refractivity contribution is 0.311. The minimum atomic E-state index is 0.0440. The van der Waals surface area contributed by atoms with Gasteiger partial charge in [0.25, 0.3) is 0 Å². The van der Waals surface area contributed by atoms with E-state index in [4.69, 9.17) is 28.3 Å². The molecule has 5 heteroatoms. The minimum absolute atomic E-state index is 0.0440. The van der Waals surface area contributed by atoms with Crippen LogP contribution in [0.2, 0.25) is 10.0 Å². The Morgan fingerprint density at radius 2 is 1.80 bits per heavy atom. The summed E-state index contributed by atoms with van der Waals surface area (Å²) >= 11 is 12.3. The van der Waals surface area contributed by atoms with Crippen LogP contribution in [0.4, 0.5) is 5.82 Å². The van der Waals surface area contributed by atoms with Crippen molar-refractivity contribution in [2.24, 2.45) is 0 Å².